The van der Waals surface area contributed by atoms with Crippen molar-refractivity contribution in [1.82, 2.24) is 0 Å². The van der Waals surface area contributed by atoms with Crippen LogP contribution < -0.4 is 0 Å². The average molecular weight is 190 g/mol. The van der Waals surface area contributed by atoms with E-state index in [-0.39, 0.29) is 17.3 Å². The Balaban J connectivity index is 2.29. The third-order valence-electron chi connectivity index (χ3n) is 2.34. The summed E-state index contributed by atoms with van der Waals surface area (Å²) in [7, 11) is 0. The second kappa shape index (κ2) is 3.25. The molecule has 72 valence electrons. The van der Waals surface area contributed by atoms with Crippen LogP contribution in [0.15, 0.2) is 24.3 Å². The van der Waals surface area contributed by atoms with Crippen molar-refractivity contribution in [3.63, 3.8) is 0 Å². The van der Waals surface area contributed by atoms with Crippen molar-refractivity contribution >= 4 is 11.8 Å². The SMILES string of the molecule is O=C(O)c1cccc(C(=O)C2CC2)c1. The van der Waals surface area contributed by atoms with Crippen LogP contribution >= 0.6 is 0 Å². The first-order valence-corrected chi connectivity index (χ1v) is 4.56. The van der Waals surface area contributed by atoms with Gasteiger partial charge in [0, 0.05) is 11.5 Å². The topological polar surface area (TPSA) is 54.4 Å². The Hall–Kier alpha value is -1.64. The van der Waals surface area contributed by atoms with E-state index >= 15 is 0 Å². The van der Waals surface area contributed by atoms with Crippen LogP contribution in [0, 0.1) is 5.92 Å². The number of ketones is 1. The lowest BCUT2D eigenvalue weighted by molar-refractivity contribution is 0.0697. The molecule has 1 aromatic rings. The standard InChI is InChI=1S/C11H10O3/c12-10(7-4-5-7)8-2-1-3-9(6-8)11(13)14/h1-3,6-7H,4-5H2,(H,13,14). The smallest absolute Gasteiger partial charge is 0.335 e. The minimum absolute atomic E-state index is 0.0769. The van der Waals surface area contributed by atoms with Gasteiger partial charge >= 0.3 is 5.97 Å². The number of aromatic carboxylic acids is 1. The highest BCUT2D eigenvalue weighted by Crippen LogP contribution is 2.32. The van der Waals surface area contributed by atoms with E-state index in [1.165, 1.54) is 12.1 Å². The summed E-state index contributed by atoms with van der Waals surface area (Å²) in [4.78, 5) is 22.2. The molecule has 0 aromatic heterocycles. The molecule has 0 radical (unpaired) electrons. The zero-order valence-corrected chi connectivity index (χ0v) is 7.56. The molecule has 3 nitrogen and oxygen atoms in total. The summed E-state index contributed by atoms with van der Waals surface area (Å²) in [6.45, 7) is 0. The van der Waals surface area contributed by atoms with Crippen LogP contribution in [0.1, 0.15) is 33.6 Å². The van der Waals surface area contributed by atoms with Gasteiger partial charge in [-0.15, -0.1) is 0 Å². The molecule has 14 heavy (non-hydrogen) atoms. The molecule has 1 aliphatic carbocycles. The fourth-order valence-corrected chi connectivity index (χ4v) is 1.39. The molecule has 0 saturated heterocycles. The summed E-state index contributed by atoms with van der Waals surface area (Å²) < 4.78 is 0. The number of carboxylic acid groups (broad SMARTS) is 1. The van der Waals surface area contributed by atoms with Crippen molar-refractivity contribution in [3.05, 3.63) is 35.4 Å². The van der Waals surface area contributed by atoms with Crippen molar-refractivity contribution in [2.75, 3.05) is 0 Å². The van der Waals surface area contributed by atoms with Gasteiger partial charge in [0.2, 0.25) is 0 Å². The first kappa shape index (κ1) is 8.94. The van der Waals surface area contributed by atoms with Crippen molar-refractivity contribution in [1.29, 1.82) is 0 Å². The predicted octanol–water partition coefficient (Wildman–Crippen LogP) is 1.98. The summed E-state index contributed by atoms with van der Waals surface area (Å²) in [6, 6.07) is 6.22. The van der Waals surface area contributed by atoms with Gasteiger partial charge in [0.1, 0.15) is 0 Å². The third-order valence-corrected chi connectivity index (χ3v) is 2.34. The highest BCUT2D eigenvalue weighted by molar-refractivity contribution is 6.01. The molecule has 1 N–H and O–H groups in total. The molecular formula is C11H10O3. The number of carboxylic acids is 1. The number of carbonyl (C=O) groups excluding carboxylic acids is 1. The molecule has 3 heteroatoms. The molecule has 0 atom stereocenters. The van der Waals surface area contributed by atoms with Crippen LogP contribution in [-0.4, -0.2) is 16.9 Å². The molecule has 0 unspecified atom stereocenters. The minimum atomic E-state index is -0.990. The van der Waals surface area contributed by atoms with Gasteiger partial charge in [0.15, 0.2) is 5.78 Å². The van der Waals surface area contributed by atoms with Crippen LogP contribution in [-0.2, 0) is 0 Å². The van der Waals surface area contributed by atoms with E-state index in [0.717, 1.165) is 12.8 Å². The number of hydrogen-bond acceptors (Lipinski definition) is 2. The molecule has 0 bridgehead atoms. The molecule has 0 aliphatic heterocycles. The van der Waals surface area contributed by atoms with E-state index in [4.69, 9.17) is 5.11 Å². The van der Waals surface area contributed by atoms with Gasteiger partial charge in [-0.3, -0.25) is 4.79 Å². The predicted molar refractivity (Wildman–Crippen MR) is 50.5 cm³/mol. The molecule has 1 aromatic carbocycles. The number of hydrogen-bond donors (Lipinski definition) is 1. The Morgan fingerprint density at radius 3 is 2.43 bits per heavy atom. The maximum absolute atomic E-state index is 11.6. The van der Waals surface area contributed by atoms with Crippen LogP contribution in [0.4, 0.5) is 0 Å². The van der Waals surface area contributed by atoms with Crippen molar-refractivity contribution < 1.29 is 14.7 Å². The van der Waals surface area contributed by atoms with E-state index in [2.05, 4.69) is 0 Å². The number of rotatable bonds is 3. The fourth-order valence-electron chi connectivity index (χ4n) is 1.39. The summed E-state index contributed by atoms with van der Waals surface area (Å²) in [6.07, 6.45) is 1.88. The summed E-state index contributed by atoms with van der Waals surface area (Å²) in [5.74, 6) is -0.775. The minimum Gasteiger partial charge on any atom is -0.478 e. The van der Waals surface area contributed by atoms with Crippen molar-refractivity contribution in [2.45, 2.75) is 12.8 Å². The lowest BCUT2D eigenvalue weighted by atomic mass is 10.0. The molecule has 0 amide bonds. The van der Waals surface area contributed by atoms with Gasteiger partial charge in [-0.25, -0.2) is 4.79 Å². The molecule has 2 rings (SSSR count). The van der Waals surface area contributed by atoms with E-state index in [1.54, 1.807) is 12.1 Å². The Kier molecular flexibility index (Phi) is 2.08. The molecule has 0 heterocycles. The van der Waals surface area contributed by atoms with Gasteiger partial charge in [0.25, 0.3) is 0 Å². The fraction of sp³-hybridized carbons (Fsp3) is 0.273. The van der Waals surface area contributed by atoms with Crippen molar-refractivity contribution in [3.8, 4) is 0 Å². The van der Waals surface area contributed by atoms with E-state index < -0.39 is 5.97 Å². The second-order valence-electron chi connectivity index (χ2n) is 3.52. The van der Waals surface area contributed by atoms with Gasteiger partial charge in [-0.05, 0) is 25.0 Å². The van der Waals surface area contributed by atoms with E-state index in [1.807, 2.05) is 0 Å². The highest BCUT2D eigenvalue weighted by Gasteiger charge is 2.30. The Labute approximate surface area is 81.4 Å². The third kappa shape index (κ3) is 1.66. The quantitative estimate of drug-likeness (QED) is 0.741. The molecule has 1 saturated carbocycles. The van der Waals surface area contributed by atoms with Gasteiger partial charge in [-0.1, -0.05) is 12.1 Å². The van der Waals surface area contributed by atoms with E-state index in [0.29, 0.717) is 5.56 Å². The first-order valence-electron chi connectivity index (χ1n) is 4.56. The number of benzene rings is 1. The van der Waals surface area contributed by atoms with Crippen LogP contribution in [0.2, 0.25) is 0 Å². The van der Waals surface area contributed by atoms with Crippen LogP contribution in [0.5, 0.6) is 0 Å². The molecule has 1 fully saturated rings. The molecular weight excluding hydrogens is 180 g/mol. The van der Waals surface area contributed by atoms with Gasteiger partial charge < -0.3 is 5.11 Å². The Morgan fingerprint density at radius 1 is 1.21 bits per heavy atom. The monoisotopic (exact) mass is 190 g/mol. The van der Waals surface area contributed by atoms with Crippen LogP contribution in [0.25, 0.3) is 0 Å². The zero-order valence-electron chi connectivity index (χ0n) is 7.56. The number of Topliss-reactive ketones (excluding diaryl/α,β-unsaturated/α-hetero) is 1. The molecule has 0 spiro atoms. The summed E-state index contributed by atoms with van der Waals surface area (Å²) in [5, 5.41) is 8.73. The van der Waals surface area contributed by atoms with E-state index in [9.17, 15) is 9.59 Å². The summed E-state index contributed by atoms with van der Waals surface area (Å²) in [5.41, 5.74) is 0.698. The maximum Gasteiger partial charge on any atom is 0.335 e. The average Bonchev–Trinajstić information content (AvgIpc) is 3.00. The normalized spacial score (nSPS) is 15.1. The van der Waals surface area contributed by atoms with Gasteiger partial charge in [-0.2, -0.15) is 0 Å². The van der Waals surface area contributed by atoms with Crippen molar-refractivity contribution in [2.24, 2.45) is 5.92 Å². The highest BCUT2D eigenvalue weighted by atomic mass is 16.4. The zero-order chi connectivity index (χ0) is 10.1. The maximum atomic E-state index is 11.6. The lowest BCUT2D eigenvalue weighted by Gasteiger charge is -1.99. The van der Waals surface area contributed by atoms with Gasteiger partial charge in [0.05, 0.1) is 5.56 Å². The second-order valence-corrected chi connectivity index (χ2v) is 3.52. The lowest BCUT2D eigenvalue weighted by Crippen LogP contribution is -2.04. The Morgan fingerprint density at radius 2 is 1.86 bits per heavy atom. The Bertz CT molecular complexity index is 391. The number of carbonyl (C=O) groups is 2. The summed E-state index contributed by atoms with van der Waals surface area (Å²) >= 11 is 0. The molecule has 1 aliphatic rings. The largest absolute Gasteiger partial charge is 0.478 e. The first-order chi connectivity index (χ1) is 6.68. The van der Waals surface area contributed by atoms with Crippen LogP contribution in [0.3, 0.4) is 0 Å².